The fourth-order valence-electron chi connectivity index (χ4n) is 2.83. The van der Waals surface area contributed by atoms with E-state index in [1.54, 1.807) is 6.20 Å². The van der Waals surface area contributed by atoms with Crippen molar-refractivity contribution in [3.05, 3.63) is 22.8 Å². The molecule has 1 aromatic rings. The Balaban J connectivity index is 2.09. The maximum atomic E-state index is 6.23. The average Bonchev–Trinajstić information content (AvgIpc) is 2.30. The first-order valence-electron chi connectivity index (χ1n) is 6.60. The molecule has 1 aromatic heterocycles. The van der Waals surface area contributed by atoms with Gasteiger partial charge in [0.05, 0.1) is 0 Å². The first-order chi connectivity index (χ1) is 8.60. The lowest BCUT2D eigenvalue weighted by Gasteiger charge is -2.31. The Kier molecular flexibility index (Phi) is 4.46. The predicted molar refractivity (Wildman–Crippen MR) is 73.7 cm³/mol. The number of rotatable bonds is 3. The van der Waals surface area contributed by atoms with Crippen molar-refractivity contribution in [1.82, 2.24) is 4.98 Å². The number of nitrogens with two attached hydrogens (primary N) is 1. The molecule has 0 saturated heterocycles. The minimum absolute atomic E-state index is 0.224. The summed E-state index contributed by atoms with van der Waals surface area (Å²) in [5, 5.41) is 0.561. The second-order valence-electron chi connectivity index (χ2n) is 5.45. The number of hydrogen-bond donors (Lipinski definition) is 1. The molecule has 0 amide bonds. The summed E-state index contributed by atoms with van der Waals surface area (Å²) in [5.41, 5.74) is 6.52. The number of aromatic nitrogens is 1. The Labute approximate surface area is 114 Å². The van der Waals surface area contributed by atoms with Crippen LogP contribution in [0, 0.1) is 11.8 Å². The Hall–Kier alpha value is -0.800. The van der Waals surface area contributed by atoms with Gasteiger partial charge in [0.1, 0.15) is 11.1 Å². The minimum atomic E-state index is 0.224. The summed E-state index contributed by atoms with van der Waals surface area (Å²) >= 11 is 6.23. The van der Waals surface area contributed by atoms with Crippen LogP contribution in [-0.2, 0) is 6.54 Å². The van der Waals surface area contributed by atoms with E-state index in [1.165, 1.54) is 6.42 Å². The van der Waals surface area contributed by atoms with E-state index in [1.807, 2.05) is 6.07 Å². The summed E-state index contributed by atoms with van der Waals surface area (Å²) in [6.07, 6.45) is 5.37. The zero-order chi connectivity index (χ0) is 13.1. The molecule has 1 fully saturated rings. The van der Waals surface area contributed by atoms with Crippen LogP contribution in [0.2, 0.25) is 5.02 Å². The van der Waals surface area contributed by atoms with E-state index in [0.29, 0.717) is 29.3 Å². The molecule has 100 valence electrons. The van der Waals surface area contributed by atoms with Crippen LogP contribution in [-0.4, -0.2) is 11.1 Å². The van der Waals surface area contributed by atoms with E-state index in [4.69, 9.17) is 22.1 Å². The van der Waals surface area contributed by atoms with Gasteiger partial charge >= 0.3 is 0 Å². The van der Waals surface area contributed by atoms with Crippen LogP contribution in [0.25, 0.3) is 0 Å². The smallest absolute Gasteiger partial charge is 0.233 e. The molecule has 0 bridgehead atoms. The molecule has 1 aliphatic rings. The van der Waals surface area contributed by atoms with Crippen LogP contribution in [0.5, 0.6) is 5.88 Å². The molecule has 0 aliphatic heterocycles. The van der Waals surface area contributed by atoms with Crippen molar-refractivity contribution in [2.75, 3.05) is 0 Å². The standard InChI is InChI=1S/C14H21ClN2O/c1-9-5-10(2)7-12(6-9)18-14-13(15)11(8-16)3-4-17-14/h3-4,9-10,12H,5-8,16H2,1-2H3. The largest absolute Gasteiger partial charge is 0.473 e. The van der Waals surface area contributed by atoms with Crippen molar-refractivity contribution in [2.24, 2.45) is 17.6 Å². The van der Waals surface area contributed by atoms with E-state index in [-0.39, 0.29) is 6.10 Å². The lowest BCUT2D eigenvalue weighted by molar-refractivity contribution is 0.0967. The lowest BCUT2D eigenvalue weighted by atomic mass is 9.82. The molecular weight excluding hydrogens is 248 g/mol. The first-order valence-corrected chi connectivity index (χ1v) is 6.98. The van der Waals surface area contributed by atoms with Crippen molar-refractivity contribution in [3.63, 3.8) is 0 Å². The summed E-state index contributed by atoms with van der Waals surface area (Å²) in [7, 11) is 0. The predicted octanol–water partition coefficient (Wildman–Crippen LogP) is 3.40. The third-order valence-electron chi connectivity index (χ3n) is 3.57. The SMILES string of the molecule is CC1CC(C)CC(Oc2nccc(CN)c2Cl)C1. The molecule has 2 N–H and O–H groups in total. The molecule has 18 heavy (non-hydrogen) atoms. The van der Waals surface area contributed by atoms with Gasteiger partial charge in [0.15, 0.2) is 0 Å². The fraction of sp³-hybridized carbons (Fsp3) is 0.643. The second kappa shape index (κ2) is 5.89. The van der Waals surface area contributed by atoms with Gasteiger partial charge in [0.25, 0.3) is 0 Å². The molecule has 1 saturated carbocycles. The van der Waals surface area contributed by atoms with Crippen LogP contribution in [0.4, 0.5) is 0 Å². The summed E-state index contributed by atoms with van der Waals surface area (Å²) < 4.78 is 5.97. The quantitative estimate of drug-likeness (QED) is 0.914. The Bertz CT molecular complexity index is 401. The van der Waals surface area contributed by atoms with E-state index in [2.05, 4.69) is 18.8 Å². The maximum absolute atomic E-state index is 6.23. The molecule has 1 heterocycles. The second-order valence-corrected chi connectivity index (χ2v) is 5.83. The van der Waals surface area contributed by atoms with Crippen LogP contribution < -0.4 is 10.5 Å². The third kappa shape index (κ3) is 3.15. The van der Waals surface area contributed by atoms with Crippen molar-refractivity contribution in [1.29, 1.82) is 0 Å². The monoisotopic (exact) mass is 268 g/mol. The van der Waals surface area contributed by atoms with Crippen LogP contribution >= 0.6 is 11.6 Å². The Morgan fingerprint density at radius 1 is 1.33 bits per heavy atom. The molecule has 2 rings (SSSR count). The Morgan fingerprint density at radius 2 is 2.00 bits per heavy atom. The topological polar surface area (TPSA) is 48.1 Å². The molecule has 2 atom stereocenters. The van der Waals surface area contributed by atoms with Crippen LogP contribution in [0.1, 0.15) is 38.7 Å². The van der Waals surface area contributed by atoms with Crippen molar-refractivity contribution >= 4 is 11.6 Å². The maximum Gasteiger partial charge on any atom is 0.233 e. The fourth-order valence-corrected chi connectivity index (χ4v) is 3.06. The molecule has 4 heteroatoms. The number of ether oxygens (including phenoxy) is 1. The van der Waals surface area contributed by atoms with Crippen molar-refractivity contribution < 1.29 is 4.74 Å². The van der Waals surface area contributed by atoms with E-state index < -0.39 is 0 Å². The average molecular weight is 269 g/mol. The van der Waals surface area contributed by atoms with Crippen LogP contribution in [0.15, 0.2) is 12.3 Å². The van der Waals surface area contributed by atoms with Crippen LogP contribution in [0.3, 0.4) is 0 Å². The Morgan fingerprint density at radius 3 is 2.61 bits per heavy atom. The summed E-state index contributed by atoms with van der Waals surface area (Å²) in [6, 6.07) is 1.83. The zero-order valence-electron chi connectivity index (χ0n) is 11.0. The molecule has 0 radical (unpaired) electrons. The highest BCUT2D eigenvalue weighted by molar-refractivity contribution is 6.32. The van der Waals surface area contributed by atoms with Gasteiger partial charge in [0, 0.05) is 12.7 Å². The number of nitrogens with zero attached hydrogens (tertiary/aromatic N) is 1. The van der Waals surface area contributed by atoms with Crippen molar-refractivity contribution in [2.45, 2.75) is 45.8 Å². The summed E-state index contributed by atoms with van der Waals surface area (Å²) in [4.78, 5) is 4.22. The first kappa shape index (κ1) is 13.6. The highest BCUT2D eigenvalue weighted by atomic mass is 35.5. The highest BCUT2D eigenvalue weighted by Gasteiger charge is 2.26. The molecule has 0 aromatic carbocycles. The van der Waals surface area contributed by atoms with Crippen molar-refractivity contribution in [3.8, 4) is 5.88 Å². The van der Waals surface area contributed by atoms with Gasteiger partial charge in [-0.2, -0.15) is 0 Å². The van der Waals surface area contributed by atoms with E-state index >= 15 is 0 Å². The normalized spacial score (nSPS) is 28.1. The zero-order valence-corrected chi connectivity index (χ0v) is 11.8. The third-order valence-corrected chi connectivity index (χ3v) is 3.98. The molecule has 3 nitrogen and oxygen atoms in total. The van der Waals surface area contributed by atoms with Gasteiger partial charge in [-0.25, -0.2) is 4.98 Å². The van der Waals surface area contributed by atoms with Gasteiger partial charge in [-0.3, -0.25) is 0 Å². The van der Waals surface area contributed by atoms with Gasteiger partial charge in [-0.1, -0.05) is 25.4 Å². The minimum Gasteiger partial charge on any atom is -0.473 e. The van der Waals surface area contributed by atoms with Gasteiger partial charge in [0.2, 0.25) is 5.88 Å². The number of hydrogen-bond acceptors (Lipinski definition) is 3. The van der Waals surface area contributed by atoms with Gasteiger partial charge in [-0.05, 0) is 42.7 Å². The molecule has 2 unspecified atom stereocenters. The highest BCUT2D eigenvalue weighted by Crippen LogP contribution is 2.33. The number of pyridine rings is 1. The van der Waals surface area contributed by atoms with Gasteiger partial charge in [-0.15, -0.1) is 0 Å². The summed E-state index contributed by atoms with van der Waals surface area (Å²) in [6.45, 7) is 4.96. The summed E-state index contributed by atoms with van der Waals surface area (Å²) in [5.74, 6) is 1.94. The molecule has 0 spiro atoms. The van der Waals surface area contributed by atoms with Gasteiger partial charge < -0.3 is 10.5 Å². The number of halogens is 1. The molecule has 1 aliphatic carbocycles. The van der Waals surface area contributed by atoms with E-state index in [9.17, 15) is 0 Å². The molecular formula is C14H21ClN2O. The van der Waals surface area contributed by atoms with E-state index in [0.717, 1.165) is 18.4 Å². The lowest BCUT2D eigenvalue weighted by Crippen LogP contribution is -2.29.